The lowest BCUT2D eigenvalue weighted by molar-refractivity contribution is -0.194. The zero-order chi connectivity index (χ0) is 22.6. The number of fused-ring (bicyclic) bond motifs is 2. The van der Waals surface area contributed by atoms with E-state index in [2.05, 4.69) is 0 Å². The summed E-state index contributed by atoms with van der Waals surface area (Å²) in [5.74, 6) is -1.72. The summed E-state index contributed by atoms with van der Waals surface area (Å²) in [5, 5.41) is 0.565. The van der Waals surface area contributed by atoms with Crippen LogP contribution in [0, 0.1) is 0 Å². The standard InChI is InChI=1S/C22H24N2O6S/c1-21(2,3)30-20(27)22(9-13-8-16(23)31-15(13)11-29-22)19(26)24-10-12-6-5-7-14(28-4)17(12)18(24)25/h5-8H,9-11,23H2,1-4H3. The normalized spacial score (nSPS) is 20.3. The number of nitrogens with two attached hydrogens (primary N) is 1. The number of nitrogen functional groups attached to an aromatic ring is 1. The molecule has 1 aromatic carbocycles. The van der Waals surface area contributed by atoms with Crippen LogP contribution in [0.5, 0.6) is 5.75 Å². The number of hydrogen-bond donors (Lipinski definition) is 1. The van der Waals surface area contributed by atoms with Gasteiger partial charge in [0.25, 0.3) is 11.8 Å². The number of methoxy groups -OCH3 is 1. The Kier molecular flexibility index (Phi) is 5.06. The SMILES string of the molecule is COc1cccc2c1C(=O)N(C(=O)C1(C(=O)OC(C)(C)C)Cc3cc(N)sc3CO1)C2. The van der Waals surface area contributed by atoms with Crippen molar-refractivity contribution in [3.63, 3.8) is 0 Å². The van der Waals surface area contributed by atoms with Crippen LogP contribution >= 0.6 is 11.3 Å². The maximum absolute atomic E-state index is 13.8. The minimum Gasteiger partial charge on any atom is -0.496 e. The van der Waals surface area contributed by atoms with E-state index in [9.17, 15) is 14.4 Å². The molecule has 1 aromatic heterocycles. The van der Waals surface area contributed by atoms with Gasteiger partial charge in [-0.25, -0.2) is 4.79 Å². The molecule has 2 aliphatic rings. The third-order valence-corrected chi connectivity index (χ3v) is 6.22. The number of ether oxygens (including phenoxy) is 3. The van der Waals surface area contributed by atoms with Crippen LogP contribution < -0.4 is 10.5 Å². The highest BCUT2D eigenvalue weighted by Gasteiger charge is 2.56. The first kappa shape index (κ1) is 21.3. The summed E-state index contributed by atoms with van der Waals surface area (Å²) in [4.78, 5) is 42.1. The van der Waals surface area contributed by atoms with Crippen LogP contribution in [0.25, 0.3) is 0 Å². The van der Waals surface area contributed by atoms with Crippen LogP contribution in [0.3, 0.4) is 0 Å². The molecule has 0 spiro atoms. The van der Waals surface area contributed by atoms with E-state index in [-0.39, 0.29) is 19.6 Å². The van der Waals surface area contributed by atoms with Crippen molar-refractivity contribution in [2.45, 2.75) is 51.5 Å². The molecule has 8 nitrogen and oxygen atoms in total. The first-order valence-corrected chi connectivity index (χ1v) is 10.6. The van der Waals surface area contributed by atoms with E-state index in [4.69, 9.17) is 19.9 Å². The molecule has 0 bridgehead atoms. The zero-order valence-corrected chi connectivity index (χ0v) is 18.6. The molecule has 1 atom stereocenters. The van der Waals surface area contributed by atoms with Crippen molar-refractivity contribution in [3.8, 4) is 5.75 Å². The summed E-state index contributed by atoms with van der Waals surface area (Å²) in [6, 6.07) is 6.90. The minimum absolute atomic E-state index is 0.0245. The largest absolute Gasteiger partial charge is 0.496 e. The summed E-state index contributed by atoms with van der Waals surface area (Å²) >= 11 is 1.35. The second-order valence-corrected chi connectivity index (χ2v) is 9.75. The van der Waals surface area contributed by atoms with Crippen LogP contribution in [0.15, 0.2) is 24.3 Å². The first-order valence-electron chi connectivity index (χ1n) is 9.82. The van der Waals surface area contributed by atoms with Gasteiger partial charge >= 0.3 is 5.97 Å². The molecule has 31 heavy (non-hydrogen) atoms. The Balaban J connectivity index is 1.74. The fraction of sp³-hybridized carbons (Fsp3) is 0.409. The van der Waals surface area contributed by atoms with Crippen molar-refractivity contribution in [1.29, 1.82) is 0 Å². The summed E-state index contributed by atoms with van der Waals surface area (Å²) in [7, 11) is 1.46. The first-order chi connectivity index (χ1) is 14.6. The van der Waals surface area contributed by atoms with E-state index in [1.807, 2.05) is 0 Å². The Labute approximate surface area is 183 Å². The fourth-order valence-electron chi connectivity index (χ4n) is 3.87. The second-order valence-electron chi connectivity index (χ2n) is 8.58. The quantitative estimate of drug-likeness (QED) is 0.440. The van der Waals surface area contributed by atoms with Crippen LogP contribution in [0.2, 0.25) is 0 Å². The number of hydrogen-bond acceptors (Lipinski definition) is 8. The molecule has 4 rings (SSSR count). The van der Waals surface area contributed by atoms with E-state index < -0.39 is 29.0 Å². The number of carbonyl (C=O) groups excluding carboxylic acids is 3. The minimum atomic E-state index is -1.97. The predicted octanol–water partition coefficient (Wildman–Crippen LogP) is 2.67. The van der Waals surface area contributed by atoms with Crippen LogP contribution in [0.1, 0.15) is 47.1 Å². The van der Waals surface area contributed by atoms with Crippen molar-refractivity contribution in [3.05, 3.63) is 45.8 Å². The molecule has 1 unspecified atom stereocenters. The second kappa shape index (κ2) is 7.35. The lowest BCUT2D eigenvalue weighted by Gasteiger charge is -2.37. The van der Waals surface area contributed by atoms with Crippen molar-refractivity contribution in [1.82, 2.24) is 4.90 Å². The average molecular weight is 445 g/mol. The molecule has 0 fully saturated rings. The Hall–Kier alpha value is -2.91. The highest BCUT2D eigenvalue weighted by molar-refractivity contribution is 7.16. The number of thiophene rings is 1. The van der Waals surface area contributed by atoms with Gasteiger partial charge in [0.15, 0.2) is 0 Å². The van der Waals surface area contributed by atoms with Gasteiger partial charge in [-0.3, -0.25) is 14.5 Å². The lowest BCUT2D eigenvalue weighted by atomic mass is 9.90. The number of benzene rings is 1. The molecule has 0 saturated heterocycles. The Morgan fingerprint density at radius 1 is 1.26 bits per heavy atom. The van der Waals surface area contributed by atoms with Crippen molar-refractivity contribution >= 4 is 34.1 Å². The van der Waals surface area contributed by atoms with E-state index in [0.29, 0.717) is 21.9 Å². The Bertz CT molecular complexity index is 1090. The van der Waals surface area contributed by atoms with Gasteiger partial charge in [-0.05, 0) is 44.0 Å². The molecule has 164 valence electrons. The fourth-order valence-corrected chi connectivity index (χ4v) is 4.73. The van der Waals surface area contributed by atoms with Gasteiger partial charge in [0.1, 0.15) is 11.4 Å². The highest BCUT2D eigenvalue weighted by atomic mass is 32.1. The molecule has 2 amide bonds. The molecule has 9 heteroatoms. The Morgan fingerprint density at radius 2 is 2.00 bits per heavy atom. The smallest absolute Gasteiger partial charge is 0.349 e. The number of esters is 1. The molecule has 2 aromatic rings. The molecule has 0 saturated carbocycles. The summed E-state index contributed by atoms with van der Waals surface area (Å²) in [6.07, 6.45) is -0.0545. The van der Waals surface area contributed by atoms with Gasteiger partial charge in [-0.2, -0.15) is 0 Å². The summed E-state index contributed by atoms with van der Waals surface area (Å²) in [6.45, 7) is 5.18. The highest BCUT2D eigenvalue weighted by Crippen LogP contribution is 2.39. The van der Waals surface area contributed by atoms with E-state index in [1.54, 1.807) is 45.0 Å². The van der Waals surface area contributed by atoms with E-state index in [1.165, 1.54) is 18.4 Å². The molecular formula is C22H24N2O6S. The molecule has 3 heterocycles. The monoisotopic (exact) mass is 444 g/mol. The number of imide groups is 1. The number of nitrogens with zero attached hydrogens (tertiary/aromatic N) is 1. The number of amides is 2. The Morgan fingerprint density at radius 3 is 2.68 bits per heavy atom. The van der Waals surface area contributed by atoms with Gasteiger partial charge in [0, 0.05) is 11.3 Å². The van der Waals surface area contributed by atoms with Gasteiger partial charge in [0.05, 0.1) is 30.8 Å². The molecule has 0 radical (unpaired) electrons. The van der Waals surface area contributed by atoms with Crippen LogP contribution in [-0.4, -0.2) is 41.0 Å². The molecule has 2 aliphatic heterocycles. The van der Waals surface area contributed by atoms with Gasteiger partial charge in [0.2, 0.25) is 5.60 Å². The van der Waals surface area contributed by atoms with Gasteiger partial charge < -0.3 is 19.9 Å². The topological polar surface area (TPSA) is 108 Å². The van der Waals surface area contributed by atoms with E-state index >= 15 is 0 Å². The number of anilines is 1. The molecule has 2 N–H and O–H groups in total. The number of carbonyl (C=O) groups is 3. The van der Waals surface area contributed by atoms with Crippen molar-refractivity contribution in [2.75, 3.05) is 12.8 Å². The van der Waals surface area contributed by atoms with Crippen molar-refractivity contribution < 1.29 is 28.6 Å². The van der Waals surface area contributed by atoms with Gasteiger partial charge in [-0.15, -0.1) is 11.3 Å². The molecular weight excluding hydrogens is 420 g/mol. The summed E-state index contributed by atoms with van der Waals surface area (Å²) < 4.78 is 16.8. The maximum Gasteiger partial charge on any atom is 0.349 e. The van der Waals surface area contributed by atoms with Crippen molar-refractivity contribution in [2.24, 2.45) is 0 Å². The predicted molar refractivity (Wildman–Crippen MR) is 114 cm³/mol. The van der Waals surface area contributed by atoms with E-state index in [0.717, 1.165) is 15.3 Å². The van der Waals surface area contributed by atoms with Crippen LogP contribution in [0.4, 0.5) is 5.00 Å². The third-order valence-electron chi connectivity index (χ3n) is 5.24. The third kappa shape index (κ3) is 3.57. The van der Waals surface area contributed by atoms with Crippen LogP contribution in [-0.2, 0) is 38.6 Å². The molecule has 0 aliphatic carbocycles. The summed E-state index contributed by atoms with van der Waals surface area (Å²) in [5.41, 5.74) is 4.81. The average Bonchev–Trinajstić information content (AvgIpc) is 3.24. The van der Waals surface area contributed by atoms with Gasteiger partial charge in [-0.1, -0.05) is 12.1 Å². The zero-order valence-electron chi connectivity index (χ0n) is 17.8. The number of rotatable bonds is 3. The lowest BCUT2D eigenvalue weighted by Crippen LogP contribution is -2.60. The maximum atomic E-state index is 13.8.